The quantitative estimate of drug-likeness (QED) is 0.445. The van der Waals surface area contributed by atoms with Crippen LogP contribution in [0.1, 0.15) is 15.9 Å². The maximum absolute atomic E-state index is 13.0. The van der Waals surface area contributed by atoms with Crippen LogP contribution in [0.2, 0.25) is 0 Å². The fourth-order valence-corrected chi connectivity index (χ4v) is 3.82. The molecule has 0 fully saturated rings. The van der Waals surface area contributed by atoms with E-state index in [2.05, 4.69) is 10.1 Å². The highest BCUT2D eigenvalue weighted by Gasteiger charge is 2.30. The zero-order valence-corrected chi connectivity index (χ0v) is 18.2. The second-order valence-corrected chi connectivity index (χ2v) is 9.38. The Hall–Kier alpha value is -3.73. The van der Waals surface area contributed by atoms with E-state index in [0.717, 1.165) is 18.4 Å². The van der Waals surface area contributed by atoms with Gasteiger partial charge in [0.1, 0.15) is 5.82 Å². The second kappa shape index (κ2) is 8.00. The van der Waals surface area contributed by atoms with Crippen LogP contribution in [0, 0.1) is 0 Å². The van der Waals surface area contributed by atoms with Crippen LogP contribution < -0.4 is 4.90 Å². The number of hydrogen-bond acceptors (Lipinski definition) is 5. The molecule has 0 unspecified atom stereocenters. The molecular weight excluding hydrogens is 457 g/mol. The largest absolute Gasteiger partial charge is 0.416 e. The summed E-state index contributed by atoms with van der Waals surface area (Å²) in [5, 5.41) is 4.20. The first-order valence-corrected chi connectivity index (χ1v) is 11.4. The number of pyridine rings is 2. The van der Waals surface area contributed by atoms with Crippen LogP contribution in [0.25, 0.3) is 16.6 Å². The summed E-state index contributed by atoms with van der Waals surface area (Å²) >= 11 is 0. The summed E-state index contributed by atoms with van der Waals surface area (Å²) in [6.45, 7) is 0. The molecule has 0 aliphatic heterocycles. The van der Waals surface area contributed by atoms with E-state index in [-0.39, 0.29) is 10.7 Å². The lowest BCUT2D eigenvalue weighted by Crippen LogP contribution is -2.27. The van der Waals surface area contributed by atoms with E-state index >= 15 is 0 Å². The number of sulfone groups is 1. The lowest BCUT2D eigenvalue weighted by Gasteiger charge is -2.16. The van der Waals surface area contributed by atoms with Gasteiger partial charge >= 0.3 is 6.18 Å². The van der Waals surface area contributed by atoms with Crippen LogP contribution in [0.15, 0.2) is 72.0 Å². The van der Waals surface area contributed by atoms with Crippen molar-refractivity contribution in [2.75, 3.05) is 18.2 Å². The van der Waals surface area contributed by atoms with Crippen LogP contribution in [0.3, 0.4) is 0 Å². The fourth-order valence-electron chi connectivity index (χ4n) is 3.26. The van der Waals surface area contributed by atoms with Crippen molar-refractivity contribution >= 4 is 27.1 Å². The number of alkyl halides is 3. The number of amides is 1. The molecule has 0 saturated heterocycles. The summed E-state index contributed by atoms with van der Waals surface area (Å²) in [6, 6.07) is 10.6. The molecule has 0 atom stereocenters. The number of benzene rings is 1. The van der Waals surface area contributed by atoms with E-state index < -0.39 is 27.5 Å². The van der Waals surface area contributed by atoms with Crippen molar-refractivity contribution < 1.29 is 26.4 Å². The van der Waals surface area contributed by atoms with Crippen LogP contribution in [-0.2, 0) is 16.0 Å². The molecule has 3 aromatic heterocycles. The van der Waals surface area contributed by atoms with Crippen LogP contribution in [-0.4, -0.2) is 42.2 Å². The van der Waals surface area contributed by atoms with Crippen LogP contribution in [0.5, 0.6) is 0 Å². The predicted octanol–water partition coefficient (Wildman–Crippen LogP) is 4.10. The zero-order valence-electron chi connectivity index (χ0n) is 17.4. The van der Waals surface area contributed by atoms with Gasteiger partial charge in [0.15, 0.2) is 9.84 Å². The molecule has 170 valence electrons. The number of carbonyl (C=O) groups is 1. The molecule has 0 aliphatic carbocycles. The van der Waals surface area contributed by atoms with Gasteiger partial charge in [-0.2, -0.15) is 18.3 Å². The molecular formula is C22H17F3N4O3S. The molecule has 3 heterocycles. The average Bonchev–Trinajstić information content (AvgIpc) is 3.20. The third-order valence-electron chi connectivity index (χ3n) is 5.09. The molecule has 4 rings (SSSR count). The van der Waals surface area contributed by atoms with Crippen molar-refractivity contribution in [1.82, 2.24) is 14.6 Å². The summed E-state index contributed by atoms with van der Waals surface area (Å²) < 4.78 is 63.3. The molecule has 0 aliphatic rings. The Labute approximate surface area is 187 Å². The van der Waals surface area contributed by atoms with E-state index in [9.17, 15) is 26.4 Å². The number of nitrogens with zero attached hydrogens (tertiary/aromatic N) is 4. The Kier molecular flexibility index (Phi) is 5.44. The van der Waals surface area contributed by atoms with Gasteiger partial charge in [0.2, 0.25) is 0 Å². The Morgan fingerprint density at radius 2 is 1.73 bits per heavy atom. The molecule has 4 aromatic rings. The maximum atomic E-state index is 13.0. The third-order valence-corrected chi connectivity index (χ3v) is 6.19. The average molecular weight is 474 g/mol. The van der Waals surface area contributed by atoms with Crippen molar-refractivity contribution in [3.63, 3.8) is 0 Å². The molecule has 0 radical (unpaired) electrons. The summed E-state index contributed by atoms with van der Waals surface area (Å²) in [5.74, 6) is -0.152. The Bertz CT molecular complexity index is 1450. The molecule has 33 heavy (non-hydrogen) atoms. The summed E-state index contributed by atoms with van der Waals surface area (Å²) in [5.41, 5.74) is 1.17. The first-order valence-electron chi connectivity index (χ1n) is 9.54. The van der Waals surface area contributed by atoms with E-state index in [1.165, 1.54) is 53.1 Å². The highest BCUT2D eigenvalue weighted by molar-refractivity contribution is 7.90. The van der Waals surface area contributed by atoms with Gasteiger partial charge in [0.25, 0.3) is 5.91 Å². The lowest BCUT2D eigenvalue weighted by atomic mass is 10.0. The molecule has 0 N–H and O–H groups in total. The van der Waals surface area contributed by atoms with Crippen molar-refractivity contribution in [3.05, 3.63) is 78.2 Å². The third kappa shape index (κ3) is 4.44. The molecule has 0 spiro atoms. The molecule has 11 heteroatoms. The fraction of sp³-hybridized carbons (Fsp3) is 0.136. The molecule has 0 bridgehead atoms. The Morgan fingerprint density at radius 1 is 1.03 bits per heavy atom. The number of halogens is 3. The number of aromatic nitrogens is 3. The number of hydrogen-bond donors (Lipinski definition) is 0. The Morgan fingerprint density at radius 3 is 2.30 bits per heavy atom. The molecule has 1 aromatic carbocycles. The number of rotatable bonds is 4. The molecule has 1 amide bonds. The predicted molar refractivity (Wildman–Crippen MR) is 116 cm³/mol. The van der Waals surface area contributed by atoms with Crippen molar-refractivity contribution in [3.8, 4) is 11.1 Å². The van der Waals surface area contributed by atoms with Gasteiger partial charge < -0.3 is 0 Å². The first-order chi connectivity index (χ1) is 15.4. The van der Waals surface area contributed by atoms with E-state index in [4.69, 9.17) is 0 Å². The van der Waals surface area contributed by atoms with E-state index in [0.29, 0.717) is 22.2 Å². The summed E-state index contributed by atoms with van der Waals surface area (Å²) in [7, 11) is -1.91. The topological polar surface area (TPSA) is 84.6 Å². The number of fused-ring (bicyclic) bond motifs is 1. The zero-order chi connectivity index (χ0) is 24.0. The van der Waals surface area contributed by atoms with Crippen LogP contribution in [0.4, 0.5) is 19.0 Å². The lowest BCUT2D eigenvalue weighted by molar-refractivity contribution is -0.137. The normalized spacial score (nSPS) is 12.2. The standard InChI is InChI=1S/C22H17F3N4O3S/c1-28(20-8-7-17(12-26-20)33(2,31)32)21(30)15-9-10-29-19(11-15)18(13-27-29)14-3-5-16(6-4-14)22(23,24)25/h3-13H,1-2H3. The minimum absolute atomic E-state index is 0.0361. The summed E-state index contributed by atoms with van der Waals surface area (Å²) in [6.07, 6.45) is 0.897. The maximum Gasteiger partial charge on any atom is 0.416 e. The van der Waals surface area contributed by atoms with Gasteiger partial charge in [0.05, 0.1) is 22.2 Å². The molecule has 7 nitrogen and oxygen atoms in total. The van der Waals surface area contributed by atoms with E-state index in [1.807, 2.05) is 0 Å². The smallest absolute Gasteiger partial charge is 0.296 e. The highest BCUT2D eigenvalue weighted by atomic mass is 32.2. The molecule has 0 saturated carbocycles. The van der Waals surface area contributed by atoms with Gasteiger partial charge in [-0.15, -0.1) is 0 Å². The van der Waals surface area contributed by atoms with Gasteiger partial charge in [-0.25, -0.2) is 17.9 Å². The SMILES string of the molecule is CN(C(=O)c1ccn2ncc(-c3ccc(C(F)(F)F)cc3)c2c1)c1ccc(S(C)(=O)=O)cn1. The van der Waals surface area contributed by atoms with Gasteiger partial charge in [0, 0.05) is 36.8 Å². The Balaban J connectivity index is 1.66. The summed E-state index contributed by atoms with van der Waals surface area (Å²) in [4.78, 5) is 18.4. The van der Waals surface area contributed by atoms with Crippen molar-refractivity contribution in [2.45, 2.75) is 11.1 Å². The van der Waals surface area contributed by atoms with Gasteiger partial charge in [-0.1, -0.05) is 12.1 Å². The monoisotopic (exact) mass is 474 g/mol. The minimum atomic E-state index is -4.43. The second-order valence-electron chi connectivity index (χ2n) is 7.37. The van der Waals surface area contributed by atoms with Crippen molar-refractivity contribution in [1.29, 1.82) is 0 Å². The minimum Gasteiger partial charge on any atom is -0.296 e. The number of anilines is 1. The first kappa shape index (κ1) is 22.5. The highest BCUT2D eigenvalue weighted by Crippen LogP contribution is 2.32. The van der Waals surface area contributed by atoms with Crippen LogP contribution >= 0.6 is 0 Å². The van der Waals surface area contributed by atoms with E-state index in [1.54, 1.807) is 18.3 Å². The van der Waals surface area contributed by atoms with Crippen molar-refractivity contribution in [2.24, 2.45) is 0 Å². The van der Waals surface area contributed by atoms with Gasteiger partial charge in [-0.05, 0) is 42.0 Å². The van der Waals surface area contributed by atoms with Gasteiger partial charge in [-0.3, -0.25) is 9.69 Å². The number of carbonyl (C=O) groups excluding carboxylic acids is 1.